The maximum Gasteiger partial charge on any atom is 0.323 e. The summed E-state index contributed by atoms with van der Waals surface area (Å²) in [6, 6.07) is 7.38. The van der Waals surface area contributed by atoms with Gasteiger partial charge in [0.25, 0.3) is 0 Å². The lowest BCUT2D eigenvalue weighted by molar-refractivity contribution is -0.146. The largest absolute Gasteiger partial charge is 0.468 e. The number of halogens is 1. The molecule has 4 N–H and O–H groups in total. The number of hydrogen-bond acceptors (Lipinski definition) is 10. The predicted molar refractivity (Wildman–Crippen MR) is 180 cm³/mol. The molecule has 1 aromatic carbocycles. The van der Waals surface area contributed by atoms with Crippen LogP contribution < -0.4 is 21.3 Å². The fourth-order valence-corrected chi connectivity index (χ4v) is 8.29. The molecule has 0 radical (unpaired) electrons. The van der Waals surface area contributed by atoms with Crippen LogP contribution in [0.15, 0.2) is 48.1 Å². The van der Waals surface area contributed by atoms with Gasteiger partial charge in [0.15, 0.2) is 5.82 Å². The van der Waals surface area contributed by atoms with Crippen molar-refractivity contribution in [1.82, 2.24) is 24.6 Å². The number of aromatic nitrogens is 4. The summed E-state index contributed by atoms with van der Waals surface area (Å²) >= 11 is 0. The number of carbonyl (C=O) groups is 1. The number of nitrogens with one attached hydrogen (secondary N) is 2. The third-order valence-corrected chi connectivity index (χ3v) is 10.8. The number of methoxy groups -OCH3 is 1. The molecule has 9 rings (SSSR count). The second kappa shape index (κ2) is 12.0. The first-order valence-electron chi connectivity index (χ1n) is 17.0. The topological polar surface area (TPSA) is 126 Å². The summed E-state index contributed by atoms with van der Waals surface area (Å²) in [5.74, 6) is 0.668. The smallest absolute Gasteiger partial charge is 0.323 e. The van der Waals surface area contributed by atoms with E-state index in [9.17, 15) is 4.79 Å². The molecule has 1 unspecified atom stereocenters. The normalized spacial score (nSPS) is 24.2. The quantitative estimate of drug-likeness (QED) is 0.304. The van der Waals surface area contributed by atoms with Gasteiger partial charge in [-0.1, -0.05) is 23.8 Å². The molecular formula is C35H42FN9O2. The Morgan fingerprint density at radius 2 is 2.00 bits per heavy atom. The summed E-state index contributed by atoms with van der Waals surface area (Å²) in [6.45, 7) is 3.29. The molecule has 11 nitrogen and oxygen atoms in total. The molecule has 47 heavy (non-hydrogen) atoms. The van der Waals surface area contributed by atoms with Gasteiger partial charge in [-0.3, -0.25) is 9.69 Å². The summed E-state index contributed by atoms with van der Waals surface area (Å²) in [4.78, 5) is 26.1. The number of piperidine rings is 1. The van der Waals surface area contributed by atoms with E-state index in [1.54, 1.807) is 10.7 Å². The minimum absolute atomic E-state index is 0.0709. The third kappa shape index (κ3) is 5.42. The number of pyridine rings is 1. The molecule has 3 aliphatic carbocycles. The van der Waals surface area contributed by atoms with E-state index in [0.717, 1.165) is 95.3 Å². The zero-order valence-corrected chi connectivity index (χ0v) is 26.8. The number of rotatable bonds is 7. The van der Waals surface area contributed by atoms with Gasteiger partial charge in [-0.05, 0) is 94.2 Å². The second-order valence-electron chi connectivity index (χ2n) is 13.5. The van der Waals surface area contributed by atoms with Gasteiger partial charge in [-0.2, -0.15) is 9.67 Å². The van der Waals surface area contributed by atoms with Crippen LogP contribution in [0.5, 0.6) is 0 Å². The lowest BCUT2D eigenvalue weighted by Crippen LogP contribution is -2.49. The molecule has 3 aromatic rings. The Balaban J connectivity index is 0.982. The van der Waals surface area contributed by atoms with Crippen molar-refractivity contribution in [3.05, 3.63) is 65.1 Å². The maximum absolute atomic E-state index is 15.5. The van der Waals surface area contributed by atoms with E-state index in [2.05, 4.69) is 54.8 Å². The number of hydrogen-bond donors (Lipinski definition) is 3. The number of nitrogens with zero attached hydrogens (tertiary/aromatic N) is 6. The van der Waals surface area contributed by atoms with Crippen LogP contribution in [-0.2, 0) is 21.4 Å². The molecule has 3 aliphatic heterocycles. The van der Waals surface area contributed by atoms with Gasteiger partial charge in [0.05, 0.1) is 24.2 Å². The van der Waals surface area contributed by atoms with Crippen molar-refractivity contribution in [1.29, 1.82) is 0 Å². The van der Waals surface area contributed by atoms with Gasteiger partial charge in [0.2, 0.25) is 11.9 Å². The van der Waals surface area contributed by atoms with E-state index in [0.29, 0.717) is 23.2 Å². The minimum atomic E-state index is -0.313. The molecule has 2 fully saturated rings. The first kappa shape index (κ1) is 29.9. The number of nitrogens with two attached hydrogens (primary N) is 1. The Labute approximate surface area is 274 Å². The number of likely N-dealkylation sites (tertiary alicyclic amines) is 1. The lowest BCUT2D eigenvalue weighted by Gasteiger charge is -2.40. The highest BCUT2D eigenvalue weighted by atomic mass is 19.1. The molecule has 2 bridgehead atoms. The highest BCUT2D eigenvalue weighted by molar-refractivity contribution is 5.76. The molecule has 5 heterocycles. The van der Waals surface area contributed by atoms with E-state index in [4.69, 9.17) is 15.5 Å². The number of esters is 1. The number of allylic oxidation sites excluding steroid dienone is 4. The summed E-state index contributed by atoms with van der Waals surface area (Å²) in [5, 5.41) is 11.4. The lowest BCUT2D eigenvalue weighted by atomic mass is 9.65. The van der Waals surface area contributed by atoms with Crippen LogP contribution in [0.3, 0.4) is 0 Å². The number of carbonyl (C=O) groups excluding carboxylic acids is 1. The monoisotopic (exact) mass is 639 g/mol. The minimum Gasteiger partial charge on any atom is -0.468 e. The van der Waals surface area contributed by atoms with Crippen LogP contribution in [0, 0.1) is 5.82 Å². The number of anilines is 5. The van der Waals surface area contributed by atoms with Crippen molar-refractivity contribution >= 4 is 34.9 Å². The van der Waals surface area contributed by atoms with Crippen LogP contribution in [0.2, 0.25) is 0 Å². The molecule has 2 atom stereocenters. The van der Waals surface area contributed by atoms with Crippen molar-refractivity contribution in [2.24, 2.45) is 0 Å². The third-order valence-electron chi connectivity index (χ3n) is 10.8. The average molecular weight is 640 g/mol. The fraction of sp³-hybridized carbons (Fsp3) is 0.486. The van der Waals surface area contributed by atoms with Gasteiger partial charge in [-0.25, -0.2) is 9.37 Å². The van der Waals surface area contributed by atoms with Gasteiger partial charge in [0.1, 0.15) is 11.9 Å². The molecule has 0 spiro atoms. The standard InChI is InChI=1S/C35H42FN9O2/c1-47-32(46)29-5-3-17-44(29)24-11-18-43(19-12-24)28-7-6-23(20-26(28)36)39-34-41-33(37)45(42-34)30-21-25(31-27(40-30)4-2-16-38-31)35-13-8-22(9-14-35)10-15-35/h6-9,13,20-21,24,29,38H,2-5,10-12,14-19H2,1H3,(H3,37,39,41,42)/t29-,35?/m0/s1. The van der Waals surface area contributed by atoms with Crippen LogP contribution in [-0.4, -0.2) is 76.0 Å². The number of ether oxygens (including phenoxy) is 1. The Morgan fingerprint density at radius 3 is 2.74 bits per heavy atom. The van der Waals surface area contributed by atoms with E-state index >= 15 is 4.39 Å². The Bertz CT molecular complexity index is 1760. The Morgan fingerprint density at radius 1 is 1.13 bits per heavy atom. The van der Waals surface area contributed by atoms with Crippen LogP contribution in [0.4, 0.5) is 33.3 Å². The SMILES string of the molecule is COC(=O)[C@@H]1CCCN1C1CCN(c2ccc(Nc3nc(N)n(-c4cc(C56C=CC(=CC5)CC6)c5c(n4)CCCN5)n3)cc2F)CC1. The predicted octanol–water partition coefficient (Wildman–Crippen LogP) is 5.01. The second-order valence-corrected chi connectivity index (χ2v) is 13.5. The van der Waals surface area contributed by atoms with Gasteiger partial charge in [-0.15, -0.1) is 5.10 Å². The summed E-state index contributed by atoms with van der Waals surface area (Å²) in [5.41, 5.74) is 12.3. The number of fused-ring (bicyclic) bond motifs is 3. The Hall–Kier alpha value is -4.45. The van der Waals surface area contributed by atoms with Gasteiger partial charge in [0, 0.05) is 36.8 Å². The number of benzene rings is 1. The Kier molecular flexibility index (Phi) is 7.62. The van der Waals surface area contributed by atoms with E-state index in [1.165, 1.54) is 24.3 Å². The number of aryl methyl sites for hydroxylation is 1. The molecule has 2 saturated heterocycles. The van der Waals surface area contributed by atoms with Crippen LogP contribution in [0.1, 0.15) is 62.6 Å². The first-order valence-corrected chi connectivity index (χ1v) is 17.0. The van der Waals surface area contributed by atoms with E-state index in [-0.39, 0.29) is 35.1 Å². The van der Waals surface area contributed by atoms with Gasteiger partial charge < -0.3 is 26.0 Å². The number of nitrogen functional groups attached to an aromatic ring is 1. The van der Waals surface area contributed by atoms with Crippen LogP contribution in [0.25, 0.3) is 5.82 Å². The fourth-order valence-electron chi connectivity index (χ4n) is 8.29. The molecule has 0 amide bonds. The maximum atomic E-state index is 15.5. The van der Waals surface area contributed by atoms with Crippen molar-refractivity contribution in [3.63, 3.8) is 0 Å². The highest BCUT2D eigenvalue weighted by Crippen LogP contribution is 2.48. The van der Waals surface area contributed by atoms with E-state index in [1.807, 2.05) is 6.07 Å². The molecule has 246 valence electrons. The van der Waals surface area contributed by atoms with Crippen molar-refractivity contribution in [2.45, 2.75) is 75.3 Å². The van der Waals surface area contributed by atoms with E-state index < -0.39 is 0 Å². The molecule has 2 aromatic heterocycles. The molecule has 12 heteroatoms. The highest BCUT2D eigenvalue weighted by Gasteiger charge is 2.39. The summed E-state index contributed by atoms with van der Waals surface area (Å²) in [7, 11) is 1.45. The zero-order chi connectivity index (χ0) is 32.1. The molecule has 6 aliphatic rings. The van der Waals surface area contributed by atoms with Crippen molar-refractivity contribution in [2.75, 3.05) is 54.6 Å². The zero-order valence-electron chi connectivity index (χ0n) is 26.8. The van der Waals surface area contributed by atoms with Crippen molar-refractivity contribution in [3.8, 4) is 5.82 Å². The molecule has 0 saturated carbocycles. The van der Waals surface area contributed by atoms with Gasteiger partial charge >= 0.3 is 5.97 Å². The first-order chi connectivity index (χ1) is 22.9. The summed E-state index contributed by atoms with van der Waals surface area (Å²) < 4.78 is 22.1. The van der Waals surface area contributed by atoms with Crippen molar-refractivity contribution < 1.29 is 13.9 Å². The van der Waals surface area contributed by atoms with Crippen LogP contribution >= 0.6 is 0 Å². The average Bonchev–Trinajstić information content (AvgIpc) is 3.75. The molecular weight excluding hydrogens is 597 g/mol. The summed E-state index contributed by atoms with van der Waals surface area (Å²) in [6.07, 6.45) is 15.6.